The first-order valence-electron chi connectivity index (χ1n) is 5.86. The zero-order chi connectivity index (χ0) is 12.7. The summed E-state index contributed by atoms with van der Waals surface area (Å²) in [5, 5.41) is 3.20. The van der Waals surface area contributed by atoms with Crippen LogP contribution < -0.4 is 5.32 Å². The highest BCUT2D eigenvalue weighted by molar-refractivity contribution is 7.98. The highest BCUT2D eigenvalue weighted by Crippen LogP contribution is 2.01. The third kappa shape index (κ3) is 5.93. The van der Waals surface area contributed by atoms with E-state index in [0.717, 1.165) is 31.9 Å². The number of hydrogen-bond acceptors (Lipinski definition) is 4. The molecular formula is C11H22ClN3O2S. The van der Waals surface area contributed by atoms with Gasteiger partial charge in [-0.15, -0.1) is 12.4 Å². The van der Waals surface area contributed by atoms with E-state index in [9.17, 15) is 9.59 Å². The van der Waals surface area contributed by atoms with Crippen molar-refractivity contribution in [1.82, 2.24) is 15.1 Å². The molecule has 0 aromatic heterocycles. The maximum atomic E-state index is 11.9. The first-order chi connectivity index (χ1) is 8.15. The van der Waals surface area contributed by atoms with Gasteiger partial charge < -0.3 is 15.1 Å². The van der Waals surface area contributed by atoms with Crippen LogP contribution in [-0.4, -0.2) is 73.4 Å². The van der Waals surface area contributed by atoms with Crippen LogP contribution >= 0.6 is 24.2 Å². The average Bonchev–Trinajstić information content (AvgIpc) is 2.36. The summed E-state index contributed by atoms with van der Waals surface area (Å²) >= 11 is 1.64. The highest BCUT2D eigenvalue weighted by Gasteiger charge is 2.19. The molecule has 0 bridgehead atoms. The summed E-state index contributed by atoms with van der Waals surface area (Å²) in [5.41, 5.74) is 0. The summed E-state index contributed by atoms with van der Waals surface area (Å²) in [6.45, 7) is 3.37. The van der Waals surface area contributed by atoms with Gasteiger partial charge in [-0.3, -0.25) is 9.59 Å². The second kappa shape index (κ2) is 9.47. The highest BCUT2D eigenvalue weighted by atomic mass is 35.5. The van der Waals surface area contributed by atoms with Crippen LogP contribution in [0.15, 0.2) is 0 Å². The summed E-state index contributed by atoms with van der Waals surface area (Å²) in [5.74, 6) is 0.902. The molecule has 1 fully saturated rings. The van der Waals surface area contributed by atoms with Crippen molar-refractivity contribution < 1.29 is 9.59 Å². The number of nitrogens with one attached hydrogen (secondary N) is 1. The second-order valence-corrected chi connectivity index (χ2v) is 5.11. The molecule has 0 saturated carbocycles. The molecule has 0 radical (unpaired) electrons. The lowest BCUT2D eigenvalue weighted by Gasteiger charge is -2.29. The van der Waals surface area contributed by atoms with Crippen molar-refractivity contribution in [3.8, 4) is 0 Å². The summed E-state index contributed by atoms with van der Waals surface area (Å²) in [6, 6.07) is 0. The van der Waals surface area contributed by atoms with Crippen LogP contribution in [-0.2, 0) is 9.59 Å². The van der Waals surface area contributed by atoms with Crippen LogP contribution in [0.25, 0.3) is 0 Å². The number of thioether (sulfide) groups is 1. The van der Waals surface area contributed by atoms with E-state index >= 15 is 0 Å². The van der Waals surface area contributed by atoms with Crippen molar-refractivity contribution in [3.63, 3.8) is 0 Å². The Morgan fingerprint density at radius 3 is 2.50 bits per heavy atom. The van der Waals surface area contributed by atoms with Crippen molar-refractivity contribution in [2.45, 2.75) is 6.42 Å². The Bertz CT molecular complexity index is 273. The number of rotatable bonds is 5. The zero-order valence-corrected chi connectivity index (χ0v) is 12.6. The van der Waals surface area contributed by atoms with Crippen LogP contribution in [0.4, 0.5) is 0 Å². The number of likely N-dealkylation sites (N-methyl/N-ethyl adjacent to an activating group) is 1. The molecule has 1 N–H and O–H groups in total. The van der Waals surface area contributed by atoms with E-state index in [-0.39, 0.29) is 30.8 Å². The Balaban J connectivity index is 0.00000289. The van der Waals surface area contributed by atoms with E-state index in [1.54, 1.807) is 18.8 Å². The van der Waals surface area contributed by atoms with Gasteiger partial charge >= 0.3 is 0 Å². The Labute approximate surface area is 119 Å². The lowest BCUT2D eigenvalue weighted by Crippen LogP contribution is -2.49. The van der Waals surface area contributed by atoms with Crippen molar-refractivity contribution in [3.05, 3.63) is 0 Å². The maximum absolute atomic E-state index is 11.9. The first-order valence-corrected chi connectivity index (χ1v) is 7.26. The summed E-state index contributed by atoms with van der Waals surface area (Å²) in [7, 11) is 1.70. The predicted octanol–water partition coefficient (Wildman–Crippen LogP) is 0.0515. The van der Waals surface area contributed by atoms with Crippen LogP contribution in [0.3, 0.4) is 0 Å². The van der Waals surface area contributed by atoms with Gasteiger partial charge in [0, 0.05) is 45.4 Å². The summed E-state index contributed by atoms with van der Waals surface area (Å²) < 4.78 is 0. The van der Waals surface area contributed by atoms with Crippen molar-refractivity contribution in [1.29, 1.82) is 0 Å². The van der Waals surface area contributed by atoms with E-state index in [1.807, 2.05) is 11.2 Å². The number of piperazine rings is 1. The van der Waals surface area contributed by atoms with Gasteiger partial charge in [-0.25, -0.2) is 0 Å². The van der Waals surface area contributed by atoms with Gasteiger partial charge in [0.1, 0.15) is 0 Å². The largest absolute Gasteiger partial charge is 0.339 e. The topological polar surface area (TPSA) is 52.7 Å². The predicted molar refractivity (Wildman–Crippen MR) is 77.3 cm³/mol. The molecule has 1 aliphatic rings. The number of carbonyl (C=O) groups is 2. The van der Waals surface area contributed by atoms with Gasteiger partial charge in [0.25, 0.3) is 0 Å². The third-order valence-corrected chi connectivity index (χ3v) is 3.40. The second-order valence-electron chi connectivity index (χ2n) is 4.12. The number of halogens is 1. The van der Waals surface area contributed by atoms with Crippen LogP contribution in [0, 0.1) is 0 Å². The Hall–Kier alpha value is -0.460. The molecular weight excluding hydrogens is 274 g/mol. The normalized spacial score (nSPS) is 14.9. The minimum atomic E-state index is 0. The number of carbonyl (C=O) groups excluding carboxylic acids is 2. The van der Waals surface area contributed by atoms with E-state index in [2.05, 4.69) is 5.32 Å². The number of hydrogen-bond donors (Lipinski definition) is 1. The van der Waals surface area contributed by atoms with Gasteiger partial charge in [0.2, 0.25) is 11.8 Å². The lowest BCUT2D eigenvalue weighted by atomic mass is 10.3. The average molecular weight is 296 g/mol. The first kappa shape index (κ1) is 17.5. The molecule has 106 valence electrons. The molecule has 0 aromatic carbocycles. The molecule has 1 aliphatic heterocycles. The molecule has 0 aliphatic carbocycles. The molecule has 0 spiro atoms. The Morgan fingerprint density at radius 2 is 1.94 bits per heavy atom. The molecule has 0 atom stereocenters. The zero-order valence-electron chi connectivity index (χ0n) is 11.0. The fourth-order valence-corrected chi connectivity index (χ4v) is 2.06. The maximum Gasteiger partial charge on any atom is 0.242 e. The molecule has 7 heteroatoms. The van der Waals surface area contributed by atoms with Crippen molar-refractivity contribution >= 4 is 36.0 Å². The Kier molecular flexibility index (Phi) is 9.23. The fraction of sp³-hybridized carbons (Fsp3) is 0.818. The van der Waals surface area contributed by atoms with Gasteiger partial charge in [0.15, 0.2) is 0 Å². The van der Waals surface area contributed by atoms with Gasteiger partial charge in [-0.1, -0.05) is 0 Å². The van der Waals surface area contributed by atoms with Crippen LogP contribution in [0.1, 0.15) is 6.42 Å². The standard InChI is InChI=1S/C11H21N3O2S.ClH/c1-13(10(15)3-8-17-2)9-11(16)14-6-4-12-5-7-14;/h12H,3-9H2,1-2H3;1H. The minimum absolute atomic E-state index is 0. The molecule has 1 heterocycles. The van der Waals surface area contributed by atoms with E-state index < -0.39 is 0 Å². The van der Waals surface area contributed by atoms with E-state index in [4.69, 9.17) is 0 Å². The molecule has 2 amide bonds. The third-order valence-electron chi connectivity index (χ3n) is 2.79. The summed E-state index contributed by atoms with van der Waals surface area (Å²) in [6.07, 6.45) is 2.48. The van der Waals surface area contributed by atoms with Crippen molar-refractivity contribution in [2.75, 3.05) is 51.8 Å². The van der Waals surface area contributed by atoms with Crippen molar-refractivity contribution in [2.24, 2.45) is 0 Å². The van der Waals surface area contributed by atoms with Gasteiger partial charge in [-0.05, 0) is 6.26 Å². The van der Waals surface area contributed by atoms with Gasteiger partial charge in [-0.2, -0.15) is 11.8 Å². The van der Waals surface area contributed by atoms with Gasteiger partial charge in [0.05, 0.1) is 6.54 Å². The Morgan fingerprint density at radius 1 is 1.33 bits per heavy atom. The molecule has 0 aromatic rings. The molecule has 18 heavy (non-hydrogen) atoms. The van der Waals surface area contributed by atoms with Crippen LogP contribution in [0.2, 0.25) is 0 Å². The van der Waals surface area contributed by atoms with Crippen LogP contribution in [0.5, 0.6) is 0 Å². The number of amides is 2. The quantitative estimate of drug-likeness (QED) is 0.779. The lowest BCUT2D eigenvalue weighted by molar-refractivity contribution is -0.139. The van der Waals surface area contributed by atoms with E-state index in [1.165, 1.54) is 4.90 Å². The SMILES string of the molecule is CSCCC(=O)N(C)CC(=O)N1CCNCC1.Cl. The minimum Gasteiger partial charge on any atom is -0.339 e. The summed E-state index contributed by atoms with van der Waals surface area (Å²) in [4.78, 5) is 26.9. The number of nitrogens with zero attached hydrogens (tertiary/aromatic N) is 2. The smallest absolute Gasteiger partial charge is 0.242 e. The fourth-order valence-electron chi connectivity index (χ4n) is 1.69. The molecule has 5 nitrogen and oxygen atoms in total. The molecule has 0 unspecified atom stereocenters. The molecule has 1 rings (SSSR count). The monoisotopic (exact) mass is 295 g/mol. The molecule has 1 saturated heterocycles. The van der Waals surface area contributed by atoms with E-state index in [0.29, 0.717) is 6.42 Å².